The smallest absolute Gasteiger partial charge is 0.0728 e. The van der Waals surface area contributed by atoms with Crippen molar-refractivity contribution in [3.63, 3.8) is 0 Å². The number of hydrogen-bond donors (Lipinski definition) is 2. The van der Waals surface area contributed by atoms with E-state index in [0.717, 1.165) is 56.9 Å². The van der Waals surface area contributed by atoms with Gasteiger partial charge in [0.25, 0.3) is 0 Å². The van der Waals surface area contributed by atoms with Crippen LogP contribution in [0.15, 0.2) is 24.3 Å². The molecule has 0 bridgehead atoms. The molecular formula is C19H31Cl3N2O. The summed E-state index contributed by atoms with van der Waals surface area (Å²) in [5, 5.41) is 15.6. The van der Waals surface area contributed by atoms with Crippen LogP contribution in [0, 0.1) is 0 Å². The first kappa shape index (κ1) is 23.0. The molecule has 0 spiro atoms. The topological polar surface area (TPSA) is 35.5 Å². The molecule has 1 aliphatic carbocycles. The van der Waals surface area contributed by atoms with Crippen LogP contribution in [-0.2, 0) is 0 Å². The van der Waals surface area contributed by atoms with Gasteiger partial charge in [0.15, 0.2) is 0 Å². The highest BCUT2D eigenvalue weighted by molar-refractivity contribution is 6.30. The second-order valence-corrected chi connectivity index (χ2v) is 7.82. The molecule has 2 atom stereocenters. The average Bonchev–Trinajstić information content (AvgIpc) is 2.53. The van der Waals surface area contributed by atoms with Crippen molar-refractivity contribution in [2.75, 3.05) is 26.2 Å². The summed E-state index contributed by atoms with van der Waals surface area (Å²) >= 11 is 6.23. The number of benzene rings is 1. The minimum Gasteiger partial charge on any atom is -0.389 e. The zero-order valence-electron chi connectivity index (χ0n) is 14.9. The summed E-state index contributed by atoms with van der Waals surface area (Å²) in [7, 11) is 0. The maximum Gasteiger partial charge on any atom is 0.0728 e. The molecule has 2 N–H and O–H groups in total. The third-order valence-corrected chi connectivity index (χ3v) is 5.75. The van der Waals surface area contributed by atoms with Crippen LogP contribution in [0.5, 0.6) is 0 Å². The Bertz CT molecular complexity index is 523. The van der Waals surface area contributed by atoms with Crippen LogP contribution in [0.25, 0.3) is 0 Å². The second kappa shape index (κ2) is 10.3. The van der Waals surface area contributed by atoms with E-state index in [1.165, 1.54) is 12.0 Å². The second-order valence-electron chi connectivity index (χ2n) is 7.39. The van der Waals surface area contributed by atoms with Crippen LogP contribution in [0.1, 0.15) is 50.5 Å². The molecule has 0 amide bonds. The Morgan fingerprint density at radius 1 is 1.28 bits per heavy atom. The highest BCUT2D eigenvalue weighted by Gasteiger charge is 2.39. The maximum absolute atomic E-state index is 11.4. The van der Waals surface area contributed by atoms with Gasteiger partial charge >= 0.3 is 0 Å². The fourth-order valence-electron chi connectivity index (χ4n) is 4.26. The normalized spacial score (nSPS) is 24.7. The van der Waals surface area contributed by atoms with E-state index >= 15 is 0 Å². The molecule has 1 heterocycles. The fraction of sp³-hybridized carbons (Fsp3) is 0.684. The number of piperazine rings is 1. The van der Waals surface area contributed by atoms with Gasteiger partial charge in [-0.3, -0.25) is 4.90 Å². The van der Waals surface area contributed by atoms with Crippen molar-refractivity contribution < 1.29 is 5.11 Å². The minimum atomic E-state index is -0.586. The van der Waals surface area contributed by atoms with Crippen molar-refractivity contribution in [3.8, 4) is 0 Å². The van der Waals surface area contributed by atoms with E-state index in [2.05, 4.69) is 23.2 Å². The minimum absolute atomic E-state index is 0. The SMILES string of the molecule is C[C@H]1CN(CC(c2cccc(Cl)c2)C2(O)CCCCC2)CCN1.Cl.Cl. The van der Waals surface area contributed by atoms with E-state index in [0.29, 0.717) is 6.04 Å². The third kappa shape index (κ3) is 5.98. The van der Waals surface area contributed by atoms with Gasteiger partial charge in [-0.15, -0.1) is 24.8 Å². The molecule has 6 heteroatoms. The van der Waals surface area contributed by atoms with Crippen molar-refractivity contribution in [2.24, 2.45) is 0 Å². The molecule has 1 saturated carbocycles. The number of rotatable bonds is 4. The standard InChI is InChI=1S/C19H29ClN2O.2ClH/c1-15-13-22(11-10-21-15)14-18(16-6-5-7-17(20)12-16)19(23)8-3-2-4-9-19;;/h5-7,12,15,18,21,23H,2-4,8-11,13-14H2,1H3;2*1H/t15-,18?;;/m0../s1. The largest absolute Gasteiger partial charge is 0.389 e. The molecule has 1 aliphatic heterocycles. The van der Waals surface area contributed by atoms with Crippen molar-refractivity contribution in [1.29, 1.82) is 0 Å². The highest BCUT2D eigenvalue weighted by Crippen LogP contribution is 2.41. The number of hydrogen-bond acceptors (Lipinski definition) is 3. The molecule has 2 aliphatic rings. The Labute approximate surface area is 169 Å². The van der Waals surface area contributed by atoms with E-state index in [-0.39, 0.29) is 30.7 Å². The lowest BCUT2D eigenvalue weighted by atomic mass is 9.72. The Morgan fingerprint density at radius 3 is 2.64 bits per heavy atom. The Morgan fingerprint density at radius 2 is 2.00 bits per heavy atom. The quantitative estimate of drug-likeness (QED) is 0.780. The van der Waals surface area contributed by atoms with Crippen LogP contribution in [0.2, 0.25) is 5.02 Å². The van der Waals surface area contributed by atoms with Crippen molar-refractivity contribution >= 4 is 36.4 Å². The first-order chi connectivity index (χ1) is 11.1. The van der Waals surface area contributed by atoms with Crippen molar-refractivity contribution in [2.45, 2.75) is 56.6 Å². The lowest BCUT2D eigenvalue weighted by Crippen LogP contribution is -2.52. The van der Waals surface area contributed by atoms with Crippen LogP contribution in [0.4, 0.5) is 0 Å². The van der Waals surface area contributed by atoms with Crippen LogP contribution < -0.4 is 5.32 Å². The summed E-state index contributed by atoms with van der Waals surface area (Å²) in [6.07, 6.45) is 5.32. The average molecular weight is 410 g/mol. The predicted molar refractivity (Wildman–Crippen MR) is 111 cm³/mol. The molecular weight excluding hydrogens is 379 g/mol. The Balaban J connectivity index is 0.00000156. The fourth-order valence-corrected chi connectivity index (χ4v) is 4.46. The number of aliphatic hydroxyl groups is 1. The molecule has 1 aromatic rings. The predicted octanol–water partition coefficient (Wildman–Crippen LogP) is 4.26. The first-order valence-electron chi connectivity index (χ1n) is 9.00. The van der Waals surface area contributed by atoms with Crippen molar-refractivity contribution in [1.82, 2.24) is 10.2 Å². The van der Waals surface area contributed by atoms with Gasteiger partial charge in [-0.1, -0.05) is 43.0 Å². The van der Waals surface area contributed by atoms with Gasteiger partial charge in [0.1, 0.15) is 0 Å². The molecule has 2 fully saturated rings. The lowest BCUT2D eigenvalue weighted by Gasteiger charge is -2.43. The van der Waals surface area contributed by atoms with E-state index in [1.54, 1.807) is 0 Å². The maximum atomic E-state index is 11.4. The summed E-state index contributed by atoms with van der Waals surface area (Å²) in [6.45, 7) is 6.28. The first-order valence-corrected chi connectivity index (χ1v) is 9.38. The molecule has 144 valence electrons. The van der Waals surface area contributed by atoms with E-state index in [4.69, 9.17) is 11.6 Å². The Hall–Kier alpha value is -0.0300. The summed E-state index contributed by atoms with van der Waals surface area (Å²) in [6, 6.07) is 8.63. The molecule has 1 aromatic carbocycles. The zero-order chi connectivity index (χ0) is 16.3. The summed E-state index contributed by atoms with van der Waals surface area (Å²) < 4.78 is 0. The summed E-state index contributed by atoms with van der Waals surface area (Å²) in [5.74, 6) is 0.145. The van der Waals surface area contributed by atoms with E-state index < -0.39 is 5.60 Å². The van der Waals surface area contributed by atoms with Crippen molar-refractivity contribution in [3.05, 3.63) is 34.9 Å². The monoisotopic (exact) mass is 408 g/mol. The molecule has 0 radical (unpaired) electrons. The van der Waals surface area contributed by atoms with Gasteiger partial charge in [0.05, 0.1) is 5.60 Å². The molecule has 3 rings (SSSR count). The lowest BCUT2D eigenvalue weighted by molar-refractivity contribution is -0.0325. The third-order valence-electron chi connectivity index (χ3n) is 5.51. The molecule has 25 heavy (non-hydrogen) atoms. The summed E-state index contributed by atoms with van der Waals surface area (Å²) in [4.78, 5) is 2.50. The van der Waals surface area contributed by atoms with Crippen LogP contribution >= 0.6 is 36.4 Å². The number of nitrogens with one attached hydrogen (secondary N) is 1. The molecule has 3 nitrogen and oxygen atoms in total. The summed E-state index contributed by atoms with van der Waals surface area (Å²) in [5.41, 5.74) is 0.602. The van der Waals surface area contributed by atoms with Gasteiger partial charge in [-0.2, -0.15) is 0 Å². The van der Waals surface area contributed by atoms with Crippen LogP contribution in [0.3, 0.4) is 0 Å². The van der Waals surface area contributed by atoms with E-state index in [1.807, 2.05) is 18.2 Å². The molecule has 0 aromatic heterocycles. The highest BCUT2D eigenvalue weighted by atomic mass is 35.5. The Kier molecular flexibility index (Phi) is 9.52. The molecule has 1 unspecified atom stereocenters. The van der Waals surface area contributed by atoms with Gasteiger partial charge < -0.3 is 10.4 Å². The molecule has 1 saturated heterocycles. The van der Waals surface area contributed by atoms with Gasteiger partial charge in [-0.05, 0) is 37.5 Å². The zero-order valence-corrected chi connectivity index (χ0v) is 17.3. The van der Waals surface area contributed by atoms with Gasteiger partial charge in [0, 0.05) is 43.2 Å². The van der Waals surface area contributed by atoms with Gasteiger partial charge in [0.2, 0.25) is 0 Å². The van der Waals surface area contributed by atoms with Gasteiger partial charge in [-0.25, -0.2) is 0 Å². The van der Waals surface area contributed by atoms with E-state index in [9.17, 15) is 5.11 Å². The van der Waals surface area contributed by atoms with Crippen LogP contribution in [-0.4, -0.2) is 47.8 Å². The number of nitrogens with zero attached hydrogens (tertiary/aromatic N) is 1. The number of halogens is 3.